The lowest BCUT2D eigenvalue weighted by atomic mass is 10.0. The Morgan fingerprint density at radius 1 is 1.08 bits per heavy atom. The van der Waals surface area contributed by atoms with Gasteiger partial charge in [0.15, 0.2) is 0 Å². The fourth-order valence-corrected chi connectivity index (χ4v) is 3.13. The van der Waals surface area contributed by atoms with E-state index in [-0.39, 0.29) is 5.91 Å². The highest BCUT2D eigenvalue weighted by atomic mass is 35.5. The molecule has 1 aliphatic rings. The van der Waals surface area contributed by atoms with Crippen LogP contribution in [0.2, 0.25) is 5.02 Å². The molecule has 1 aliphatic heterocycles. The van der Waals surface area contributed by atoms with E-state index in [1.807, 2.05) is 60.4 Å². The van der Waals surface area contributed by atoms with Crippen molar-refractivity contribution >= 4 is 17.5 Å². The third-order valence-corrected chi connectivity index (χ3v) is 4.83. The van der Waals surface area contributed by atoms with Crippen molar-refractivity contribution in [3.63, 3.8) is 0 Å². The lowest BCUT2D eigenvalue weighted by Crippen LogP contribution is -2.42. The van der Waals surface area contributed by atoms with Gasteiger partial charge in [0, 0.05) is 24.8 Å². The molecule has 4 nitrogen and oxygen atoms in total. The molecule has 0 saturated carbocycles. The standard InChI is InChI=1S/C20H18ClN3O/c1-14-7-9-15(10-8-14)19-16(20(25)23-11-4-12-23)13-24(22-19)18-6-3-2-5-17(18)21/h2-3,5-10,13H,4,11-12H2,1H3. The summed E-state index contributed by atoms with van der Waals surface area (Å²) in [7, 11) is 0. The molecule has 0 unspecified atom stereocenters. The molecule has 1 saturated heterocycles. The molecule has 2 aromatic carbocycles. The van der Waals surface area contributed by atoms with Crippen LogP contribution in [0.25, 0.3) is 16.9 Å². The third kappa shape index (κ3) is 2.94. The first-order valence-electron chi connectivity index (χ1n) is 8.34. The monoisotopic (exact) mass is 351 g/mol. The van der Waals surface area contributed by atoms with Crippen LogP contribution in [-0.4, -0.2) is 33.7 Å². The van der Waals surface area contributed by atoms with Gasteiger partial charge in [0.2, 0.25) is 0 Å². The summed E-state index contributed by atoms with van der Waals surface area (Å²) in [6, 6.07) is 15.6. The van der Waals surface area contributed by atoms with Crippen LogP contribution in [-0.2, 0) is 0 Å². The van der Waals surface area contributed by atoms with Crippen molar-refractivity contribution < 1.29 is 4.79 Å². The topological polar surface area (TPSA) is 38.1 Å². The molecule has 1 aromatic heterocycles. The van der Waals surface area contributed by atoms with Crippen molar-refractivity contribution in [2.24, 2.45) is 0 Å². The number of likely N-dealkylation sites (tertiary alicyclic amines) is 1. The summed E-state index contributed by atoms with van der Waals surface area (Å²) in [4.78, 5) is 14.7. The number of aromatic nitrogens is 2. The fraction of sp³-hybridized carbons (Fsp3) is 0.200. The quantitative estimate of drug-likeness (QED) is 0.703. The molecule has 0 aliphatic carbocycles. The molecule has 0 atom stereocenters. The van der Waals surface area contributed by atoms with Gasteiger partial charge in [-0.1, -0.05) is 53.6 Å². The summed E-state index contributed by atoms with van der Waals surface area (Å²) < 4.78 is 1.70. The summed E-state index contributed by atoms with van der Waals surface area (Å²) >= 11 is 6.31. The van der Waals surface area contributed by atoms with Gasteiger partial charge in [0.1, 0.15) is 5.69 Å². The molecule has 1 fully saturated rings. The van der Waals surface area contributed by atoms with E-state index >= 15 is 0 Å². The zero-order valence-electron chi connectivity index (χ0n) is 13.9. The summed E-state index contributed by atoms with van der Waals surface area (Å²) in [5.41, 5.74) is 4.17. The van der Waals surface area contributed by atoms with Gasteiger partial charge >= 0.3 is 0 Å². The number of amides is 1. The predicted molar refractivity (Wildman–Crippen MR) is 99.3 cm³/mol. The van der Waals surface area contributed by atoms with Crippen LogP contribution in [0.3, 0.4) is 0 Å². The Hall–Kier alpha value is -2.59. The summed E-state index contributed by atoms with van der Waals surface area (Å²) in [6.07, 6.45) is 2.85. The normalized spacial score (nSPS) is 13.6. The third-order valence-electron chi connectivity index (χ3n) is 4.51. The number of benzene rings is 2. The highest BCUT2D eigenvalue weighted by Gasteiger charge is 2.27. The van der Waals surface area contributed by atoms with Gasteiger partial charge in [-0.15, -0.1) is 0 Å². The van der Waals surface area contributed by atoms with Gasteiger partial charge in [0.25, 0.3) is 5.91 Å². The number of hydrogen-bond donors (Lipinski definition) is 0. The highest BCUT2D eigenvalue weighted by molar-refractivity contribution is 6.32. The fourth-order valence-electron chi connectivity index (χ4n) is 2.91. The molecule has 25 heavy (non-hydrogen) atoms. The van der Waals surface area contributed by atoms with E-state index in [4.69, 9.17) is 11.6 Å². The minimum absolute atomic E-state index is 0.0279. The number of nitrogens with zero attached hydrogens (tertiary/aromatic N) is 3. The van der Waals surface area contributed by atoms with Crippen molar-refractivity contribution in [1.82, 2.24) is 14.7 Å². The predicted octanol–water partition coefficient (Wildman–Crippen LogP) is 4.35. The molecule has 5 heteroatoms. The van der Waals surface area contributed by atoms with Crippen LogP contribution in [0.1, 0.15) is 22.3 Å². The summed E-state index contributed by atoms with van der Waals surface area (Å²) in [5.74, 6) is 0.0279. The van der Waals surface area contributed by atoms with Gasteiger partial charge in [-0.05, 0) is 25.5 Å². The van der Waals surface area contributed by atoms with Crippen molar-refractivity contribution in [3.05, 3.63) is 70.9 Å². The second kappa shape index (κ2) is 6.37. The average Bonchev–Trinajstić information content (AvgIpc) is 2.99. The van der Waals surface area contributed by atoms with E-state index in [1.165, 1.54) is 5.56 Å². The number of para-hydroxylation sites is 1. The molecule has 0 radical (unpaired) electrons. The zero-order chi connectivity index (χ0) is 17.4. The molecular formula is C20H18ClN3O. The second-order valence-electron chi connectivity index (χ2n) is 6.30. The second-order valence-corrected chi connectivity index (χ2v) is 6.71. The molecular weight excluding hydrogens is 334 g/mol. The molecule has 126 valence electrons. The van der Waals surface area contributed by atoms with Crippen LogP contribution in [0.5, 0.6) is 0 Å². The number of carbonyl (C=O) groups is 1. The Kier molecular flexibility index (Phi) is 4.06. The molecule has 0 bridgehead atoms. The molecule has 2 heterocycles. The number of carbonyl (C=O) groups excluding carboxylic acids is 1. The summed E-state index contributed by atoms with van der Waals surface area (Å²) in [6.45, 7) is 3.66. The van der Waals surface area contributed by atoms with Crippen molar-refractivity contribution in [3.8, 4) is 16.9 Å². The molecule has 0 N–H and O–H groups in total. The van der Waals surface area contributed by atoms with E-state index in [0.717, 1.165) is 30.8 Å². The molecule has 4 rings (SSSR count). The average molecular weight is 352 g/mol. The lowest BCUT2D eigenvalue weighted by molar-refractivity contribution is 0.0652. The van der Waals surface area contributed by atoms with Crippen molar-refractivity contribution in [2.75, 3.05) is 13.1 Å². The maximum absolute atomic E-state index is 12.9. The number of aryl methyl sites for hydroxylation is 1. The Morgan fingerprint density at radius 2 is 1.80 bits per heavy atom. The van der Waals surface area contributed by atoms with Crippen LogP contribution in [0.4, 0.5) is 0 Å². The smallest absolute Gasteiger partial charge is 0.257 e. The van der Waals surface area contributed by atoms with Gasteiger partial charge in [-0.25, -0.2) is 4.68 Å². The minimum Gasteiger partial charge on any atom is -0.338 e. The van der Waals surface area contributed by atoms with E-state index in [9.17, 15) is 4.79 Å². The van der Waals surface area contributed by atoms with E-state index in [0.29, 0.717) is 16.3 Å². The van der Waals surface area contributed by atoms with E-state index in [1.54, 1.807) is 10.9 Å². The van der Waals surface area contributed by atoms with E-state index in [2.05, 4.69) is 5.10 Å². The van der Waals surface area contributed by atoms with E-state index < -0.39 is 0 Å². The summed E-state index contributed by atoms with van der Waals surface area (Å²) in [5, 5.41) is 5.29. The Morgan fingerprint density at radius 3 is 2.44 bits per heavy atom. The van der Waals surface area contributed by atoms with Crippen LogP contribution < -0.4 is 0 Å². The molecule has 0 spiro atoms. The molecule has 3 aromatic rings. The first-order valence-corrected chi connectivity index (χ1v) is 8.72. The van der Waals surface area contributed by atoms with Gasteiger partial charge < -0.3 is 4.90 Å². The van der Waals surface area contributed by atoms with Crippen molar-refractivity contribution in [1.29, 1.82) is 0 Å². The molecule has 1 amide bonds. The first-order chi connectivity index (χ1) is 12.1. The maximum atomic E-state index is 12.9. The van der Waals surface area contributed by atoms with Crippen molar-refractivity contribution in [2.45, 2.75) is 13.3 Å². The first kappa shape index (κ1) is 15.9. The Labute approximate surface area is 151 Å². The number of rotatable bonds is 3. The van der Waals surface area contributed by atoms with Crippen LogP contribution >= 0.6 is 11.6 Å². The lowest BCUT2D eigenvalue weighted by Gasteiger charge is -2.30. The number of hydrogen-bond acceptors (Lipinski definition) is 2. The van der Waals surface area contributed by atoms with Gasteiger partial charge in [0.05, 0.1) is 16.3 Å². The largest absolute Gasteiger partial charge is 0.338 e. The zero-order valence-corrected chi connectivity index (χ0v) is 14.7. The van der Waals surface area contributed by atoms with Gasteiger partial charge in [-0.2, -0.15) is 5.10 Å². The Balaban J connectivity index is 1.84. The van der Waals surface area contributed by atoms with Crippen LogP contribution in [0.15, 0.2) is 54.7 Å². The van der Waals surface area contributed by atoms with Gasteiger partial charge in [-0.3, -0.25) is 4.79 Å². The SMILES string of the molecule is Cc1ccc(-c2nn(-c3ccccc3Cl)cc2C(=O)N2CCC2)cc1. The minimum atomic E-state index is 0.0279. The number of halogens is 1. The van der Waals surface area contributed by atoms with Crippen LogP contribution in [0, 0.1) is 6.92 Å². The Bertz CT molecular complexity index is 926. The highest BCUT2D eigenvalue weighted by Crippen LogP contribution is 2.28. The maximum Gasteiger partial charge on any atom is 0.257 e.